The van der Waals surface area contributed by atoms with Crippen molar-refractivity contribution in [3.63, 3.8) is 0 Å². The number of hydrogen-bond donors (Lipinski definition) is 1. The second kappa shape index (κ2) is 7.66. The van der Waals surface area contributed by atoms with Crippen molar-refractivity contribution < 1.29 is 4.74 Å². The maximum absolute atomic E-state index is 5.83. The number of benzene rings is 1. The summed E-state index contributed by atoms with van der Waals surface area (Å²) >= 11 is 5.83. The second-order valence-corrected chi connectivity index (χ2v) is 4.29. The molecule has 0 saturated carbocycles. The minimum Gasteiger partial charge on any atom is -0.372 e. The molecule has 0 heterocycles. The Morgan fingerprint density at radius 2 is 1.94 bits per heavy atom. The Hall–Kier alpha value is -0.570. The molecule has 2 N–H and O–H groups in total. The van der Waals surface area contributed by atoms with Crippen LogP contribution in [0.15, 0.2) is 24.3 Å². The van der Waals surface area contributed by atoms with E-state index in [2.05, 4.69) is 6.92 Å². The first kappa shape index (κ1) is 13.5. The van der Waals surface area contributed by atoms with Crippen LogP contribution in [0.2, 0.25) is 5.02 Å². The summed E-state index contributed by atoms with van der Waals surface area (Å²) in [6, 6.07) is 7.68. The number of rotatable bonds is 7. The molecule has 2 nitrogen and oxygen atoms in total. The highest BCUT2D eigenvalue weighted by Crippen LogP contribution is 2.19. The van der Waals surface area contributed by atoms with Crippen molar-refractivity contribution in [2.75, 3.05) is 13.2 Å². The first-order valence-electron chi connectivity index (χ1n) is 5.85. The molecule has 0 saturated heterocycles. The minimum absolute atomic E-state index is 0.00544. The van der Waals surface area contributed by atoms with Gasteiger partial charge in [0.25, 0.3) is 0 Å². The number of ether oxygens (including phenoxy) is 1. The fraction of sp³-hybridized carbons (Fsp3) is 0.538. The molecule has 3 heteroatoms. The van der Waals surface area contributed by atoms with Gasteiger partial charge < -0.3 is 10.5 Å². The van der Waals surface area contributed by atoms with E-state index in [-0.39, 0.29) is 6.10 Å². The zero-order chi connectivity index (χ0) is 11.8. The SMILES string of the molecule is CCCCCOC(CN)c1ccc(Cl)cc1. The quantitative estimate of drug-likeness (QED) is 0.741. The van der Waals surface area contributed by atoms with Gasteiger partial charge in [-0.05, 0) is 24.1 Å². The highest BCUT2D eigenvalue weighted by Gasteiger charge is 2.09. The molecule has 90 valence electrons. The summed E-state index contributed by atoms with van der Waals surface area (Å²) in [6.07, 6.45) is 3.50. The third-order valence-electron chi connectivity index (χ3n) is 2.52. The van der Waals surface area contributed by atoms with E-state index >= 15 is 0 Å². The van der Waals surface area contributed by atoms with Crippen LogP contribution in [0.3, 0.4) is 0 Å². The molecule has 1 aromatic carbocycles. The van der Waals surface area contributed by atoms with Gasteiger partial charge in [0.1, 0.15) is 0 Å². The molecule has 0 fully saturated rings. The van der Waals surface area contributed by atoms with Crippen LogP contribution in [-0.2, 0) is 4.74 Å². The standard InChI is InChI=1S/C13H20ClNO/c1-2-3-4-9-16-13(10-15)11-5-7-12(14)8-6-11/h5-8,13H,2-4,9-10,15H2,1H3. The van der Waals surface area contributed by atoms with Crippen LogP contribution in [0.5, 0.6) is 0 Å². The second-order valence-electron chi connectivity index (χ2n) is 3.85. The van der Waals surface area contributed by atoms with Crippen LogP contribution in [0.1, 0.15) is 37.9 Å². The van der Waals surface area contributed by atoms with E-state index in [1.54, 1.807) is 0 Å². The fourth-order valence-electron chi connectivity index (χ4n) is 1.56. The first-order valence-corrected chi connectivity index (χ1v) is 6.22. The third kappa shape index (κ3) is 4.52. The van der Waals surface area contributed by atoms with Gasteiger partial charge in [0.2, 0.25) is 0 Å². The summed E-state index contributed by atoms with van der Waals surface area (Å²) < 4.78 is 5.75. The highest BCUT2D eigenvalue weighted by atomic mass is 35.5. The molecule has 0 bridgehead atoms. The Labute approximate surface area is 103 Å². The minimum atomic E-state index is -0.00544. The molecule has 1 atom stereocenters. The van der Waals surface area contributed by atoms with Gasteiger partial charge >= 0.3 is 0 Å². The van der Waals surface area contributed by atoms with Crippen molar-refractivity contribution in [2.45, 2.75) is 32.3 Å². The average molecular weight is 242 g/mol. The molecule has 0 amide bonds. The van der Waals surface area contributed by atoms with Gasteiger partial charge in [0.05, 0.1) is 6.10 Å². The molecule has 0 aliphatic rings. The van der Waals surface area contributed by atoms with Crippen LogP contribution in [-0.4, -0.2) is 13.2 Å². The maximum Gasteiger partial charge on any atom is 0.0947 e. The summed E-state index contributed by atoms with van der Waals surface area (Å²) in [4.78, 5) is 0. The van der Waals surface area contributed by atoms with E-state index in [0.717, 1.165) is 23.6 Å². The molecule has 16 heavy (non-hydrogen) atoms. The Bertz CT molecular complexity index is 286. The van der Waals surface area contributed by atoms with E-state index in [1.807, 2.05) is 24.3 Å². The third-order valence-corrected chi connectivity index (χ3v) is 2.77. The summed E-state index contributed by atoms with van der Waals surface area (Å²) in [5.41, 5.74) is 6.80. The predicted molar refractivity (Wildman–Crippen MR) is 68.7 cm³/mol. The van der Waals surface area contributed by atoms with Crippen molar-refractivity contribution in [1.29, 1.82) is 0 Å². The van der Waals surface area contributed by atoms with Gasteiger partial charge in [-0.2, -0.15) is 0 Å². The van der Waals surface area contributed by atoms with E-state index in [1.165, 1.54) is 12.8 Å². The summed E-state index contributed by atoms with van der Waals surface area (Å²) in [6.45, 7) is 3.46. The molecule has 0 aliphatic heterocycles. The zero-order valence-electron chi connectivity index (χ0n) is 9.79. The van der Waals surface area contributed by atoms with Gasteiger partial charge in [0.15, 0.2) is 0 Å². The monoisotopic (exact) mass is 241 g/mol. The van der Waals surface area contributed by atoms with Crippen LogP contribution in [0.4, 0.5) is 0 Å². The number of unbranched alkanes of at least 4 members (excludes halogenated alkanes) is 2. The molecule has 1 unspecified atom stereocenters. The van der Waals surface area contributed by atoms with E-state index < -0.39 is 0 Å². The largest absolute Gasteiger partial charge is 0.372 e. The smallest absolute Gasteiger partial charge is 0.0947 e. The number of hydrogen-bond acceptors (Lipinski definition) is 2. The van der Waals surface area contributed by atoms with Crippen molar-refractivity contribution in [3.05, 3.63) is 34.9 Å². The van der Waals surface area contributed by atoms with Crippen LogP contribution < -0.4 is 5.73 Å². The fourth-order valence-corrected chi connectivity index (χ4v) is 1.68. The Morgan fingerprint density at radius 1 is 1.25 bits per heavy atom. The number of nitrogens with two attached hydrogens (primary N) is 1. The lowest BCUT2D eigenvalue weighted by Crippen LogP contribution is -2.16. The average Bonchev–Trinajstić information content (AvgIpc) is 2.31. The lowest BCUT2D eigenvalue weighted by atomic mass is 10.1. The van der Waals surface area contributed by atoms with Crippen LogP contribution in [0.25, 0.3) is 0 Å². The molecular weight excluding hydrogens is 222 g/mol. The molecule has 0 aliphatic carbocycles. The Morgan fingerprint density at radius 3 is 2.50 bits per heavy atom. The normalized spacial score (nSPS) is 12.7. The Balaban J connectivity index is 2.44. The zero-order valence-corrected chi connectivity index (χ0v) is 10.5. The molecule has 1 rings (SSSR count). The van der Waals surface area contributed by atoms with Gasteiger partial charge in [0, 0.05) is 18.2 Å². The topological polar surface area (TPSA) is 35.2 Å². The number of halogens is 1. The van der Waals surface area contributed by atoms with Crippen LogP contribution in [0, 0.1) is 0 Å². The van der Waals surface area contributed by atoms with Gasteiger partial charge in [-0.1, -0.05) is 43.5 Å². The summed E-state index contributed by atoms with van der Waals surface area (Å²) in [7, 11) is 0. The molecule has 0 aromatic heterocycles. The van der Waals surface area contributed by atoms with Crippen LogP contribution >= 0.6 is 11.6 Å². The predicted octanol–water partition coefficient (Wildman–Crippen LogP) is 3.55. The maximum atomic E-state index is 5.83. The van der Waals surface area contributed by atoms with Gasteiger partial charge in [-0.15, -0.1) is 0 Å². The van der Waals surface area contributed by atoms with Crippen molar-refractivity contribution in [1.82, 2.24) is 0 Å². The lowest BCUT2D eigenvalue weighted by Gasteiger charge is -2.16. The molecule has 1 aromatic rings. The molecular formula is C13H20ClNO. The summed E-state index contributed by atoms with van der Waals surface area (Å²) in [5.74, 6) is 0. The van der Waals surface area contributed by atoms with E-state index in [0.29, 0.717) is 6.54 Å². The van der Waals surface area contributed by atoms with E-state index in [9.17, 15) is 0 Å². The van der Waals surface area contributed by atoms with Crippen molar-refractivity contribution >= 4 is 11.6 Å². The van der Waals surface area contributed by atoms with Gasteiger partial charge in [-0.25, -0.2) is 0 Å². The Kier molecular flexibility index (Phi) is 6.46. The first-order chi connectivity index (χ1) is 7.77. The molecule has 0 radical (unpaired) electrons. The van der Waals surface area contributed by atoms with Crippen molar-refractivity contribution in [3.8, 4) is 0 Å². The highest BCUT2D eigenvalue weighted by molar-refractivity contribution is 6.30. The van der Waals surface area contributed by atoms with Crippen molar-refractivity contribution in [2.24, 2.45) is 5.73 Å². The van der Waals surface area contributed by atoms with E-state index in [4.69, 9.17) is 22.1 Å². The lowest BCUT2D eigenvalue weighted by molar-refractivity contribution is 0.0560. The molecule has 0 spiro atoms. The van der Waals surface area contributed by atoms with Gasteiger partial charge in [-0.3, -0.25) is 0 Å². The summed E-state index contributed by atoms with van der Waals surface area (Å²) in [5, 5.41) is 0.741.